The highest BCUT2D eigenvalue weighted by Crippen LogP contribution is 2.31. The normalized spacial score (nSPS) is 13.4. The monoisotopic (exact) mass is 391 g/mol. The fourth-order valence-corrected chi connectivity index (χ4v) is 3.91. The molecule has 4 aromatic rings. The van der Waals surface area contributed by atoms with Crippen molar-refractivity contribution in [1.29, 1.82) is 0 Å². The molecular weight excluding hydrogens is 373 g/mol. The summed E-state index contributed by atoms with van der Waals surface area (Å²) < 4.78 is 24.0. The van der Waals surface area contributed by atoms with E-state index in [2.05, 4.69) is 27.8 Å². The van der Waals surface area contributed by atoms with E-state index >= 15 is 0 Å². The van der Waals surface area contributed by atoms with Gasteiger partial charge in [-0.25, -0.2) is 9.02 Å². The number of nitrogens with zero attached hydrogens (tertiary/aromatic N) is 2. The molecule has 2 heterocycles. The van der Waals surface area contributed by atoms with E-state index in [0.717, 1.165) is 18.4 Å². The molecule has 1 amide bonds. The van der Waals surface area contributed by atoms with Crippen LogP contribution in [0, 0.1) is 12.7 Å². The van der Waals surface area contributed by atoms with Crippen molar-refractivity contribution in [2.24, 2.45) is 0 Å². The summed E-state index contributed by atoms with van der Waals surface area (Å²) in [4.78, 5) is 12.8. The van der Waals surface area contributed by atoms with Crippen LogP contribution in [0.5, 0.6) is 0 Å². The van der Waals surface area contributed by atoms with Crippen LogP contribution in [-0.4, -0.2) is 16.2 Å². The highest BCUT2D eigenvalue weighted by atomic mass is 19.1. The molecule has 0 radical (unpaired) electrons. The van der Waals surface area contributed by atoms with Gasteiger partial charge in [0.15, 0.2) is 11.5 Å². The van der Waals surface area contributed by atoms with E-state index in [1.165, 1.54) is 42.2 Å². The minimum Gasteiger partial charge on any atom is -0.451 e. The van der Waals surface area contributed by atoms with Gasteiger partial charge in [-0.3, -0.25) is 10.1 Å². The van der Waals surface area contributed by atoms with E-state index in [9.17, 15) is 9.18 Å². The molecule has 0 bridgehead atoms. The third-order valence-electron chi connectivity index (χ3n) is 5.45. The zero-order valence-electron chi connectivity index (χ0n) is 15.8. The predicted octanol–water partition coefficient (Wildman–Crippen LogP) is 5.06. The van der Waals surface area contributed by atoms with Crippen LogP contribution in [0.4, 0.5) is 10.2 Å². The maximum absolute atomic E-state index is 13.5. The number of nitrogens with one attached hydrogen (secondary N) is 1. The number of hydrogen-bond acceptors (Lipinski definition) is 5. The SMILES string of the molecule is Cc1c(C(=O)Nc2nonc2-c2ccc3c(c2)CCCC3)oc2ccc(F)cc12. The molecule has 6 nitrogen and oxygen atoms in total. The van der Waals surface area contributed by atoms with Crippen molar-refractivity contribution in [3.05, 3.63) is 64.7 Å². The maximum Gasteiger partial charge on any atom is 0.292 e. The minimum absolute atomic E-state index is 0.102. The first-order valence-corrected chi connectivity index (χ1v) is 9.55. The molecule has 2 aromatic carbocycles. The lowest BCUT2D eigenvalue weighted by atomic mass is 9.90. The molecule has 0 saturated carbocycles. The van der Waals surface area contributed by atoms with Crippen LogP contribution in [0.1, 0.15) is 40.1 Å². The summed E-state index contributed by atoms with van der Waals surface area (Å²) in [7, 11) is 0. The van der Waals surface area contributed by atoms with E-state index in [4.69, 9.17) is 9.05 Å². The van der Waals surface area contributed by atoms with E-state index in [1.54, 1.807) is 6.92 Å². The summed E-state index contributed by atoms with van der Waals surface area (Å²) in [6, 6.07) is 10.3. The van der Waals surface area contributed by atoms with Crippen LogP contribution in [0.25, 0.3) is 22.2 Å². The van der Waals surface area contributed by atoms with Crippen LogP contribution < -0.4 is 5.32 Å². The van der Waals surface area contributed by atoms with Gasteiger partial charge in [0.2, 0.25) is 5.82 Å². The summed E-state index contributed by atoms with van der Waals surface area (Å²) in [6.45, 7) is 1.71. The van der Waals surface area contributed by atoms with Crippen LogP contribution in [-0.2, 0) is 12.8 Å². The van der Waals surface area contributed by atoms with Crippen molar-refractivity contribution in [1.82, 2.24) is 10.3 Å². The number of hydrogen-bond donors (Lipinski definition) is 1. The average molecular weight is 391 g/mol. The highest BCUT2D eigenvalue weighted by Gasteiger charge is 2.22. The Labute approximate surface area is 165 Å². The first-order chi connectivity index (χ1) is 14.1. The third-order valence-corrected chi connectivity index (χ3v) is 5.45. The van der Waals surface area contributed by atoms with Crippen molar-refractivity contribution in [3.8, 4) is 11.3 Å². The first-order valence-electron chi connectivity index (χ1n) is 9.55. The van der Waals surface area contributed by atoms with Crippen molar-refractivity contribution in [2.45, 2.75) is 32.6 Å². The number of anilines is 1. The molecule has 0 fully saturated rings. The Morgan fingerprint density at radius 3 is 2.76 bits per heavy atom. The summed E-state index contributed by atoms with van der Waals surface area (Å²) in [5.41, 5.74) is 4.96. The molecule has 29 heavy (non-hydrogen) atoms. The van der Waals surface area contributed by atoms with Gasteiger partial charge in [-0.2, -0.15) is 0 Å². The number of furan rings is 1. The minimum atomic E-state index is -0.492. The molecule has 0 aliphatic heterocycles. The number of carbonyl (C=O) groups excluding carboxylic acids is 1. The van der Waals surface area contributed by atoms with Gasteiger partial charge in [0.05, 0.1) is 0 Å². The zero-order chi connectivity index (χ0) is 20.0. The number of aromatic nitrogens is 2. The molecule has 0 saturated heterocycles. The fourth-order valence-electron chi connectivity index (χ4n) is 3.91. The lowest BCUT2D eigenvalue weighted by Crippen LogP contribution is -2.13. The van der Waals surface area contributed by atoms with Crippen LogP contribution in [0.2, 0.25) is 0 Å². The molecule has 7 heteroatoms. The van der Waals surface area contributed by atoms with Crippen LogP contribution in [0.15, 0.2) is 45.4 Å². The van der Waals surface area contributed by atoms with E-state index in [-0.39, 0.29) is 17.4 Å². The molecule has 1 aliphatic carbocycles. The van der Waals surface area contributed by atoms with Crippen LogP contribution >= 0.6 is 0 Å². The van der Waals surface area contributed by atoms with Gasteiger partial charge in [-0.1, -0.05) is 12.1 Å². The predicted molar refractivity (Wildman–Crippen MR) is 105 cm³/mol. The number of fused-ring (bicyclic) bond motifs is 2. The lowest BCUT2D eigenvalue weighted by molar-refractivity contribution is 0.0997. The fraction of sp³-hybridized carbons (Fsp3) is 0.227. The average Bonchev–Trinajstić information content (AvgIpc) is 3.32. The van der Waals surface area contributed by atoms with Gasteiger partial charge in [0, 0.05) is 16.5 Å². The Hall–Kier alpha value is -3.48. The topological polar surface area (TPSA) is 81.2 Å². The Balaban J connectivity index is 1.46. The highest BCUT2D eigenvalue weighted by molar-refractivity contribution is 6.07. The Bertz CT molecular complexity index is 1240. The van der Waals surface area contributed by atoms with Gasteiger partial charge >= 0.3 is 0 Å². The number of rotatable bonds is 3. The molecule has 1 aliphatic rings. The Kier molecular flexibility index (Phi) is 4.16. The molecule has 5 rings (SSSR count). The standard InChI is InChI=1S/C22H18FN3O3/c1-12-17-11-16(23)8-9-18(17)28-20(12)22(27)24-21-19(25-29-26-21)15-7-6-13-4-2-3-5-14(13)10-15/h6-11H,2-5H2,1H3,(H,24,26,27). The van der Waals surface area contributed by atoms with E-state index in [1.807, 2.05) is 6.07 Å². The summed E-state index contributed by atoms with van der Waals surface area (Å²) in [5.74, 6) is -0.556. The molecule has 146 valence electrons. The quantitative estimate of drug-likeness (QED) is 0.528. The number of aryl methyl sites for hydroxylation is 3. The third kappa shape index (κ3) is 3.08. The first kappa shape index (κ1) is 17.6. The summed E-state index contributed by atoms with van der Waals surface area (Å²) >= 11 is 0. The maximum atomic E-state index is 13.5. The molecular formula is C22H18FN3O3. The molecule has 0 spiro atoms. The van der Waals surface area contributed by atoms with E-state index < -0.39 is 5.91 Å². The molecule has 2 aromatic heterocycles. The molecule has 1 N–H and O–H groups in total. The number of halogens is 1. The van der Waals surface area contributed by atoms with Gasteiger partial charge in [0.1, 0.15) is 11.4 Å². The van der Waals surface area contributed by atoms with Crippen molar-refractivity contribution in [3.63, 3.8) is 0 Å². The Morgan fingerprint density at radius 1 is 1.07 bits per heavy atom. The second kappa shape index (κ2) is 6.84. The second-order valence-electron chi connectivity index (χ2n) is 7.30. The van der Waals surface area contributed by atoms with Crippen molar-refractivity contribution >= 4 is 22.7 Å². The van der Waals surface area contributed by atoms with Crippen molar-refractivity contribution < 1.29 is 18.2 Å². The molecule has 0 atom stereocenters. The van der Waals surface area contributed by atoms with Gasteiger partial charge in [0.25, 0.3) is 5.91 Å². The number of amides is 1. The zero-order valence-corrected chi connectivity index (χ0v) is 15.8. The van der Waals surface area contributed by atoms with Gasteiger partial charge in [-0.15, -0.1) is 0 Å². The Morgan fingerprint density at radius 2 is 1.90 bits per heavy atom. The van der Waals surface area contributed by atoms with E-state index in [0.29, 0.717) is 22.2 Å². The largest absolute Gasteiger partial charge is 0.451 e. The van der Waals surface area contributed by atoms with Gasteiger partial charge in [-0.05, 0) is 78.3 Å². The second-order valence-corrected chi connectivity index (χ2v) is 7.30. The summed E-state index contributed by atoms with van der Waals surface area (Å²) in [6.07, 6.45) is 4.50. The number of carbonyl (C=O) groups is 1. The van der Waals surface area contributed by atoms with Crippen molar-refractivity contribution in [2.75, 3.05) is 5.32 Å². The molecule has 0 unspecified atom stereocenters. The lowest BCUT2D eigenvalue weighted by Gasteiger charge is -2.16. The van der Waals surface area contributed by atoms with Crippen LogP contribution in [0.3, 0.4) is 0 Å². The van der Waals surface area contributed by atoms with Gasteiger partial charge < -0.3 is 4.42 Å². The summed E-state index contributed by atoms with van der Waals surface area (Å²) in [5, 5.41) is 11.1. The number of benzene rings is 2. The smallest absolute Gasteiger partial charge is 0.292 e.